The Kier molecular flexibility index (Phi) is 5.46. The predicted octanol–water partition coefficient (Wildman–Crippen LogP) is 6.62. The summed E-state index contributed by atoms with van der Waals surface area (Å²) in [6, 6.07) is 15.7. The second-order valence-electron chi connectivity index (χ2n) is 9.74. The summed E-state index contributed by atoms with van der Waals surface area (Å²) < 4.78 is 39.3. The van der Waals surface area contributed by atoms with Crippen LogP contribution in [0.2, 0.25) is 0 Å². The molecule has 0 aliphatic heterocycles. The molecule has 37 heavy (non-hydrogen) atoms. The minimum atomic E-state index is -4.85. The molecule has 0 unspecified atom stereocenters. The smallest absolute Gasteiger partial charge is 0.332 e. The van der Waals surface area contributed by atoms with Gasteiger partial charge in [-0.3, -0.25) is 4.79 Å². The number of aryl methyl sites for hydroxylation is 1. The van der Waals surface area contributed by atoms with E-state index in [0.29, 0.717) is 22.8 Å². The van der Waals surface area contributed by atoms with E-state index < -0.39 is 10.2 Å². The molecule has 0 radical (unpaired) electrons. The summed E-state index contributed by atoms with van der Waals surface area (Å²) in [6.45, 7) is 1.99. The maximum atomic E-state index is 14.0. The van der Waals surface area contributed by atoms with Gasteiger partial charge in [0.05, 0.1) is 15.8 Å². The maximum Gasteiger partial charge on any atom is 0.332 e. The van der Waals surface area contributed by atoms with Gasteiger partial charge in [-0.05, 0) is 72.4 Å². The number of nitrogens with one attached hydrogen (secondary N) is 1. The highest BCUT2D eigenvalue weighted by molar-refractivity contribution is 7.86. The average molecular weight is 513 g/mol. The highest BCUT2D eigenvalue weighted by atomic mass is 32.3. The molecule has 6 rings (SSSR count). The van der Waals surface area contributed by atoms with Gasteiger partial charge in [0.25, 0.3) is 0 Å². The van der Waals surface area contributed by atoms with E-state index in [4.69, 9.17) is 6.42 Å². The third kappa shape index (κ3) is 3.75. The molecule has 1 fully saturated rings. The van der Waals surface area contributed by atoms with Crippen molar-refractivity contribution in [3.05, 3.63) is 75.9 Å². The summed E-state index contributed by atoms with van der Waals surface area (Å²) in [5, 5.41) is 2.12. The van der Waals surface area contributed by atoms with Crippen LogP contribution < -0.4 is 5.43 Å². The molecule has 1 saturated carbocycles. The second-order valence-corrected chi connectivity index (χ2v) is 11.1. The number of fused-ring (bicyclic) bond motifs is 4. The van der Waals surface area contributed by atoms with Crippen molar-refractivity contribution in [3.8, 4) is 23.5 Å². The minimum Gasteiger partial charge on any atom is -0.340 e. The molecule has 0 atom stereocenters. The number of benzene rings is 3. The van der Waals surface area contributed by atoms with E-state index in [1.165, 1.54) is 12.1 Å². The highest BCUT2D eigenvalue weighted by Gasteiger charge is 2.25. The van der Waals surface area contributed by atoms with E-state index in [2.05, 4.69) is 15.5 Å². The molecule has 186 valence electrons. The fourth-order valence-electron chi connectivity index (χ4n) is 5.87. The van der Waals surface area contributed by atoms with E-state index in [1.54, 1.807) is 12.1 Å². The quantitative estimate of drug-likeness (QED) is 0.217. The van der Waals surface area contributed by atoms with Gasteiger partial charge in [-0.2, -0.15) is 8.42 Å². The zero-order chi connectivity index (χ0) is 25.9. The molecule has 5 aromatic rings. The third-order valence-corrected chi connectivity index (χ3v) is 8.45. The maximum absolute atomic E-state index is 14.0. The summed E-state index contributed by atoms with van der Waals surface area (Å²) in [6.07, 6.45) is 10.5. The second kappa shape index (κ2) is 8.60. The van der Waals surface area contributed by atoms with Gasteiger partial charge in [0.15, 0.2) is 5.43 Å². The number of halogens is 1. The van der Waals surface area contributed by atoms with E-state index in [-0.39, 0.29) is 16.4 Å². The molecule has 1 N–H and O–H groups in total. The van der Waals surface area contributed by atoms with Gasteiger partial charge in [0, 0.05) is 27.9 Å². The van der Waals surface area contributed by atoms with Crippen LogP contribution in [0.4, 0.5) is 3.89 Å². The number of rotatable bonds is 4. The summed E-state index contributed by atoms with van der Waals surface area (Å²) in [5.41, 5.74) is 5.33. The van der Waals surface area contributed by atoms with Crippen LogP contribution in [0.3, 0.4) is 0 Å². The molecule has 0 amide bonds. The van der Waals surface area contributed by atoms with Gasteiger partial charge in [0.1, 0.15) is 5.65 Å². The predicted molar refractivity (Wildman–Crippen MR) is 146 cm³/mol. The SMILES string of the molecule is C#Cc1ccc2c(c1)[nH]c1c2c(=O)c2cc(CC)c(-c3cccc(S(=O)(=O)F)c3)cc2n1C1CCCC1. The molecule has 5 nitrogen and oxygen atoms in total. The van der Waals surface area contributed by atoms with Gasteiger partial charge in [-0.15, -0.1) is 10.3 Å². The lowest BCUT2D eigenvalue weighted by Gasteiger charge is -2.21. The van der Waals surface area contributed by atoms with Crippen molar-refractivity contribution in [2.45, 2.75) is 50.0 Å². The fraction of sp³-hybridized carbons (Fsp3) is 0.233. The van der Waals surface area contributed by atoms with Crippen molar-refractivity contribution in [2.24, 2.45) is 0 Å². The van der Waals surface area contributed by atoms with Crippen molar-refractivity contribution in [1.29, 1.82) is 0 Å². The van der Waals surface area contributed by atoms with Gasteiger partial charge in [-0.25, -0.2) is 0 Å². The van der Waals surface area contributed by atoms with Crippen molar-refractivity contribution >= 4 is 43.1 Å². The Morgan fingerprint density at radius 2 is 1.86 bits per heavy atom. The first kappa shape index (κ1) is 23.5. The van der Waals surface area contributed by atoms with Gasteiger partial charge >= 0.3 is 10.2 Å². The van der Waals surface area contributed by atoms with Crippen molar-refractivity contribution in [2.75, 3.05) is 0 Å². The molecule has 0 saturated heterocycles. The van der Waals surface area contributed by atoms with E-state index in [9.17, 15) is 17.1 Å². The summed E-state index contributed by atoms with van der Waals surface area (Å²) >= 11 is 0. The number of H-pyrrole nitrogens is 1. The van der Waals surface area contributed by atoms with E-state index >= 15 is 0 Å². The van der Waals surface area contributed by atoms with Gasteiger partial charge in [-0.1, -0.05) is 43.9 Å². The van der Waals surface area contributed by atoms with E-state index in [0.717, 1.165) is 64.4 Å². The first-order valence-corrected chi connectivity index (χ1v) is 13.9. The zero-order valence-corrected chi connectivity index (χ0v) is 21.2. The van der Waals surface area contributed by atoms with Crippen LogP contribution in [0.15, 0.2) is 64.3 Å². The van der Waals surface area contributed by atoms with Crippen LogP contribution in [0, 0.1) is 12.3 Å². The average Bonchev–Trinajstić information content (AvgIpc) is 3.56. The minimum absolute atomic E-state index is 0.0553. The van der Waals surface area contributed by atoms with E-state index in [1.807, 2.05) is 37.3 Å². The van der Waals surface area contributed by atoms with Crippen LogP contribution in [0.1, 0.15) is 49.8 Å². The van der Waals surface area contributed by atoms with Crippen LogP contribution in [-0.4, -0.2) is 18.0 Å². The number of hydrogen-bond donors (Lipinski definition) is 1. The number of terminal acetylenes is 1. The molecule has 7 heteroatoms. The first-order chi connectivity index (χ1) is 17.8. The Bertz CT molecular complexity index is 1940. The van der Waals surface area contributed by atoms with Crippen molar-refractivity contribution in [1.82, 2.24) is 9.55 Å². The Balaban J connectivity index is 1.74. The molecular weight excluding hydrogens is 487 g/mol. The number of aromatic nitrogens is 2. The fourth-order valence-corrected chi connectivity index (χ4v) is 6.38. The summed E-state index contributed by atoms with van der Waals surface area (Å²) in [7, 11) is -4.85. The lowest BCUT2D eigenvalue weighted by Crippen LogP contribution is -2.15. The lowest BCUT2D eigenvalue weighted by molar-refractivity contribution is 0.545. The van der Waals surface area contributed by atoms with Crippen molar-refractivity contribution < 1.29 is 12.3 Å². The molecule has 2 heterocycles. The molecule has 0 spiro atoms. The standard InChI is InChI=1S/C30H25FN2O3S/c1-3-18-12-13-23-26(14-18)32-30-28(23)29(34)25-16-19(4-2)24(17-27(25)33(30)21-9-5-6-10-21)20-8-7-11-22(15-20)37(31,35)36/h1,7-8,11-17,21,32H,4-6,9-10H2,2H3. The number of aromatic amines is 1. The van der Waals surface area contributed by atoms with Crippen molar-refractivity contribution in [3.63, 3.8) is 0 Å². The van der Waals surface area contributed by atoms with Crippen LogP contribution in [0.25, 0.3) is 44.0 Å². The largest absolute Gasteiger partial charge is 0.340 e. The Morgan fingerprint density at radius 3 is 2.57 bits per heavy atom. The number of nitrogens with zero attached hydrogens (tertiary/aromatic N) is 1. The molecular formula is C30H25FN2O3S. The number of pyridine rings is 1. The molecule has 0 bridgehead atoms. The van der Waals surface area contributed by atoms with Crippen LogP contribution in [-0.2, 0) is 16.6 Å². The monoisotopic (exact) mass is 512 g/mol. The molecule has 1 aliphatic carbocycles. The van der Waals surface area contributed by atoms with Crippen LogP contribution >= 0.6 is 0 Å². The normalized spacial score (nSPS) is 14.6. The highest BCUT2D eigenvalue weighted by Crippen LogP contribution is 2.38. The zero-order valence-electron chi connectivity index (χ0n) is 20.3. The summed E-state index contributed by atoms with van der Waals surface area (Å²) in [4.78, 5) is 17.1. The molecule has 2 aromatic heterocycles. The Labute approximate surface area is 214 Å². The number of hydrogen-bond acceptors (Lipinski definition) is 3. The summed E-state index contributed by atoms with van der Waals surface area (Å²) in [5.74, 6) is 2.66. The Hall–Kier alpha value is -3.89. The third-order valence-electron chi connectivity index (χ3n) is 7.64. The Morgan fingerprint density at radius 1 is 1.08 bits per heavy atom. The van der Waals surface area contributed by atoms with Crippen LogP contribution in [0.5, 0.6) is 0 Å². The topological polar surface area (TPSA) is 71.9 Å². The molecule has 3 aromatic carbocycles. The van der Waals surface area contributed by atoms with Gasteiger partial charge < -0.3 is 9.55 Å². The molecule has 1 aliphatic rings. The van der Waals surface area contributed by atoms with Gasteiger partial charge in [0.2, 0.25) is 0 Å². The lowest BCUT2D eigenvalue weighted by atomic mass is 9.94. The first-order valence-electron chi connectivity index (χ1n) is 12.5.